The van der Waals surface area contributed by atoms with E-state index in [2.05, 4.69) is 26.7 Å². The maximum atomic E-state index is 9.16. The van der Waals surface area contributed by atoms with Crippen LogP contribution in [0.2, 0.25) is 0 Å². The Bertz CT molecular complexity index is 719. The molecule has 0 saturated carbocycles. The van der Waals surface area contributed by atoms with E-state index in [1.165, 1.54) is 0 Å². The molecule has 2 N–H and O–H groups in total. The van der Waals surface area contributed by atoms with E-state index in [1.807, 2.05) is 31.2 Å². The summed E-state index contributed by atoms with van der Waals surface area (Å²) in [4.78, 5) is 8.86. The molecule has 1 aliphatic heterocycles. The lowest BCUT2D eigenvalue weighted by Gasteiger charge is -2.13. The number of benzene rings is 1. The van der Waals surface area contributed by atoms with Crippen molar-refractivity contribution in [3.8, 4) is 6.07 Å². The van der Waals surface area contributed by atoms with Gasteiger partial charge in [0.1, 0.15) is 11.9 Å². The molecule has 1 unspecified atom stereocenters. The summed E-state index contributed by atoms with van der Waals surface area (Å²) in [6, 6.07) is 11.4. The van der Waals surface area contributed by atoms with E-state index in [0.717, 1.165) is 30.8 Å². The van der Waals surface area contributed by atoms with Gasteiger partial charge in [-0.15, -0.1) is 0 Å². The summed E-state index contributed by atoms with van der Waals surface area (Å²) in [6.45, 7) is 3.46. The lowest BCUT2D eigenvalue weighted by Crippen LogP contribution is -2.20. The minimum Gasteiger partial charge on any atom is -0.376 e. The Morgan fingerprint density at radius 3 is 3.00 bits per heavy atom. The van der Waals surface area contributed by atoms with Gasteiger partial charge in [0, 0.05) is 24.9 Å². The van der Waals surface area contributed by atoms with Crippen LogP contribution in [0.4, 0.5) is 17.5 Å². The Hall–Kier alpha value is -2.65. The number of nitrogens with zero attached hydrogens (tertiary/aromatic N) is 3. The number of anilines is 3. The van der Waals surface area contributed by atoms with Gasteiger partial charge >= 0.3 is 0 Å². The predicted molar refractivity (Wildman–Crippen MR) is 88.7 cm³/mol. The molecule has 0 bridgehead atoms. The van der Waals surface area contributed by atoms with E-state index in [0.29, 0.717) is 23.9 Å². The first-order valence-corrected chi connectivity index (χ1v) is 7.72. The van der Waals surface area contributed by atoms with Crippen molar-refractivity contribution in [1.82, 2.24) is 9.97 Å². The van der Waals surface area contributed by atoms with Gasteiger partial charge in [-0.2, -0.15) is 10.2 Å². The van der Waals surface area contributed by atoms with E-state index in [9.17, 15) is 0 Å². The van der Waals surface area contributed by atoms with Crippen LogP contribution in [0.5, 0.6) is 0 Å². The highest BCUT2D eigenvalue weighted by atomic mass is 16.5. The molecule has 1 fully saturated rings. The van der Waals surface area contributed by atoms with Gasteiger partial charge in [0.25, 0.3) is 0 Å². The van der Waals surface area contributed by atoms with Crippen LogP contribution in [-0.4, -0.2) is 29.2 Å². The number of nitrogens with one attached hydrogen (secondary N) is 2. The molecule has 0 aliphatic carbocycles. The quantitative estimate of drug-likeness (QED) is 0.883. The summed E-state index contributed by atoms with van der Waals surface area (Å²) in [6.07, 6.45) is 2.41. The molecule has 118 valence electrons. The van der Waals surface area contributed by atoms with E-state index >= 15 is 0 Å². The number of aryl methyl sites for hydroxylation is 1. The van der Waals surface area contributed by atoms with Gasteiger partial charge in [-0.3, -0.25) is 0 Å². The van der Waals surface area contributed by atoms with Crippen molar-refractivity contribution in [1.29, 1.82) is 5.26 Å². The number of aromatic nitrogens is 2. The molecule has 6 heteroatoms. The predicted octanol–water partition coefficient (Wildman–Crippen LogP) is 2.99. The zero-order valence-corrected chi connectivity index (χ0v) is 13.0. The SMILES string of the molecule is Cc1cc(Nc2ccccc2C#N)nc(NCC2CCCO2)n1. The van der Waals surface area contributed by atoms with Crippen molar-refractivity contribution in [3.63, 3.8) is 0 Å². The van der Waals surface area contributed by atoms with Gasteiger partial charge in [-0.1, -0.05) is 12.1 Å². The molecule has 0 radical (unpaired) electrons. The minimum atomic E-state index is 0.231. The standard InChI is InChI=1S/C17H19N5O/c1-12-9-16(21-15-7-3-2-5-13(15)10-18)22-17(20-12)19-11-14-6-4-8-23-14/h2-3,5,7,9,14H,4,6,8,11H2,1H3,(H2,19,20,21,22). The summed E-state index contributed by atoms with van der Waals surface area (Å²) in [5.41, 5.74) is 2.17. The summed E-state index contributed by atoms with van der Waals surface area (Å²) >= 11 is 0. The van der Waals surface area contributed by atoms with Crippen molar-refractivity contribution in [2.24, 2.45) is 0 Å². The maximum absolute atomic E-state index is 9.16. The highest BCUT2D eigenvalue weighted by molar-refractivity contribution is 5.65. The molecule has 3 rings (SSSR count). The second-order valence-corrected chi connectivity index (χ2v) is 5.52. The second kappa shape index (κ2) is 7.07. The first kappa shape index (κ1) is 15.3. The van der Waals surface area contributed by atoms with Crippen LogP contribution in [0.1, 0.15) is 24.1 Å². The van der Waals surface area contributed by atoms with Gasteiger partial charge in [0.05, 0.1) is 17.4 Å². The zero-order valence-electron chi connectivity index (χ0n) is 13.0. The Labute approximate surface area is 135 Å². The van der Waals surface area contributed by atoms with Crippen molar-refractivity contribution in [3.05, 3.63) is 41.6 Å². The van der Waals surface area contributed by atoms with Crippen LogP contribution >= 0.6 is 0 Å². The Morgan fingerprint density at radius 2 is 2.22 bits per heavy atom. The first-order chi connectivity index (χ1) is 11.2. The van der Waals surface area contributed by atoms with Gasteiger partial charge in [0.2, 0.25) is 5.95 Å². The van der Waals surface area contributed by atoms with Crippen LogP contribution < -0.4 is 10.6 Å². The van der Waals surface area contributed by atoms with Crippen molar-refractivity contribution in [2.45, 2.75) is 25.9 Å². The van der Waals surface area contributed by atoms with E-state index in [1.54, 1.807) is 6.07 Å². The van der Waals surface area contributed by atoms with E-state index in [4.69, 9.17) is 10.00 Å². The number of rotatable bonds is 5. The van der Waals surface area contributed by atoms with Crippen LogP contribution in [-0.2, 0) is 4.74 Å². The third kappa shape index (κ3) is 3.96. The highest BCUT2D eigenvalue weighted by Gasteiger charge is 2.15. The van der Waals surface area contributed by atoms with E-state index < -0.39 is 0 Å². The summed E-state index contributed by atoms with van der Waals surface area (Å²) in [5, 5.41) is 15.6. The number of hydrogen-bond acceptors (Lipinski definition) is 6. The normalized spacial score (nSPS) is 16.8. The van der Waals surface area contributed by atoms with Crippen LogP contribution in [0.15, 0.2) is 30.3 Å². The molecule has 1 aliphatic rings. The fourth-order valence-electron chi connectivity index (χ4n) is 2.55. The summed E-state index contributed by atoms with van der Waals surface area (Å²) in [5.74, 6) is 1.23. The average Bonchev–Trinajstić information content (AvgIpc) is 3.06. The number of hydrogen-bond donors (Lipinski definition) is 2. The number of nitriles is 1. The molecule has 2 heterocycles. The van der Waals surface area contributed by atoms with Crippen LogP contribution in [0.3, 0.4) is 0 Å². The molecule has 1 aromatic heterocycles. The topological polar surface area (TPSA) is 82.9 Å². The van der Waals surface area contributed by atoms with Crippen LogP contribution in [0.25, 0.3) is 0 Å². The fourth-order valence-corrected chi connectivity index (χ4v) is 2.55. The van der Waals surface area contributed by atoms with Crippen molar-refractivity contribution in [2.75, 3.05) is 23.8 Å². The Morgan fingerprint density at radius 1 is 1.35 bits per heavy atom. The monoisotopic (exact) mass is 309 g/mol. The van der Waals surface area contributed by atoms with E-state index in [-0.39, 0.29) is 6.10 Å². The second-order valence-electron chi connectivity index (χ2n) is 5.52. The molecular weight excluding hydrogens is 290 g/mol. The van der Waals surface area contributed by atoms with Gasteiger partial charge in [-0.05, 0) is 31.9 Å². The third-order valence-corrected chi connectivity index (χ3v) is 3.68. The molecule has 23 heavy (non-hydrogen) atoms. The molecule has 6 nitrogen and oxygen atoms in total. The van der Waals surface area contributed by atoms with Crippen LogP contribution in [0, 0.1) is 18.3 Å². The summed E-state index contributed by atoms with van der Waals surface area (Å²) in [7, 11) is 0. The maximum Gasteiger partial charge on any atom is 0.224 e. The first-order valence-electron chi connectivity index (χ1n) is 7.72. The highest BCUT2D eigenvalue weighted by Crippen LogP contribution is 2.20. The third-order valence-electron chi connectivity index (χ3n) is 3.68. The molecule has 1 atom stereocenters. The van der Waals surface area contributed by atoms with Crippen molar-refractivity contribution < 1.29 is 4.74 Å². The fraction of sp³-hybridized carbons (Fsp3) is 0.353. The largest absolute Gasteiger partial charge is 0.376 e. The average molecular weight is 309 g/mol. The number of ether oxygens (including phenoxy) is 1. The Balaban J connectivity index is 1.73. The molecule has 1 aromatic carbocycles. The van der Waals surface area contributed by atoms with Crippen molar-refractivity contribution >= 4 is 17.5 Å². The smallest absolute Gasteiger partial charge is 0.224 e. The Kier molecular flexibility index (Phi) is 4.69. The van der Waals surface area contributed by atoms with Gasteiger partial charge in [-0.25, -0.2) is 4.98 Å². The lowest BCUT2D eigenvalue weighted by atomic mass is 10.2. The molecular formula is C17H19N5O. The van der Waals surface area contributed by atoms with Gasteiger partial charge in [0.15, 0.2) is 0 Å². The van der Waals surface area contributed by atoms with Gasteiger partial charge < -0.3 is 15.4 Å². The molecule has 2 aromatic rings. The molecule has 0 amide bonds. The lowest BCUT2D eigenvalue weighted by molar-refractivity contribution is 0.120. The molecule has 1 saturated heterocycles. The summed E-state index contributed by atoms with van der Waals surface area (Å²) < 4.78 is 5.59. The minimum absolute atomic E-state index is 0.231. The zero-order chi connectivity index (χ0) is 16.1. The number of para-hydroxylation sites is 1. The molecule has 0 spiro atoms.